The number of nitrogens with one attached hydrogen (secondary N) is 1. The van der Waals surface area contributed by atoms with E-state index in [9.17, 15) is 4.79 Å². The van der Waals surface area contributed by atoms with E-state index in [0.29, 0.717) is 12.8 Å². The van der Waals surface area contributed by atoms with E-state index in [-0.39, 0.29) is 12.7 Å². The number of benzene rings is 2. The largest absolute Gasteiger partial charge is 0.454 e. The molecule has 1 amide bonds. The second kappa shape index (κ2) is 6.60. The minimum absolute atomic E-state index is 0.0483. The fraction of sp³-hybridized carbons (Fsp3) is 0.176. The van der Waals surface area contributed by atoms with Gasteiger partial charge < -0.3 is 14.8 Å². The molecule has 0 fully saturated rings. The van der Waals surface area contributed by atoms with Gasteiger partial charge in [0.2, 0.25) is 12.7 Å². The average molecular weight is 337 g/mol. The number of hydrogen-bond acceptors (Lipinski definition) is 6. The molecule has 0 unspecified atom stereocenters. The van der Waals surface area contributed by atoms with Crippen molar-refractivity contribution in [1.29, 1.82) is 0 Å². The van der Waals surface area contributed by atoms with Crippen molar-refractivity contribution >= 4 is 11.6 Å². The standard InChI is InChI=1S/C17H15N5O3/c23-17(8-2-12-1-7-15-16(9-12)25-11-24-15)19-13-3-5-14(6-4-13)22-10-18-20-21-22/h1,3-7,9-10H,2,8,11H2,(H,19,23). The third kappa shape index (κ3) is 3.42. The van der Waals surface area contributed by atoms with Gasteiger partial charge >= 0.3 is 0 Å². The van der Waals surface area contributed by atoms with E-state index in [1.807, 2.05) is 42.5 Å². The fourth-order valence-corrected chi connectivity index (χ4v) is 2.55. The van der Waals surface area contributed by atoms with E-state index < -0.39 is 0 Å². The third-order valence-electron chi connectivity index (χ3n) is 3.84. The first-order valence-corrected chi connectivity index (χ1v) is 7.80. The Morgan fingerprint density at radius 1 is 1.12 bits per heavy atom. The Bertz CT molecular complexity index is 878. The lowest BCUT2D eigenvalue weighted by Gasteiger charge is -2.07. The molecule has 0 aliphatic carbocycles. The van der Waals surface area contributed by atoms with Gasteiger partial charge in [-0.25, -0.2) is 4.68 Å². The number of aromatic nitrogens is 4. The van der Waals surface area contributed by atoms with Gasteiger partial charge in [0.05, 0.1) is 5.69 Å². The molecule has 126 valence electrons. The highest BCUT2D eigenvalue weighted by molar-refractivity contribution is 5.90. The van der Waals surface area contributed by atoms with Crippen LogP contribution in [0, 0.1) is 0 Å². The third-order valence-corrected chi connectivity index (χ3v) is 3.84. The summed E-state index contributed by atoms with van der Waals surface area (Å²) in [6.45, 7) is 0.250. The van der Waals surface area contributed by atoms with Crippen molar-refractivity contribution in [3.63, 3.8) is 0 Å². The summed E-state index contributed by atoms with van der Waals surface area (Å²) < 4.78 is 12.2. The summed E-state index contributed by atoms with van der Waals surface area (Å²) in [5.41, 5.74) is 2.59. The van der Waals surface area contributed by atoms with Crippen LogP contribution in [0.4, 0.5) is 5.69 Å². The number of anilines is 1. The molecule has 0 saturated heterocycles. The number of aryl methyl sites for hydroxylation is 1. The molecule has 1 aliphatic heterocycles. The van der Waals surface area contributed by atoms with Crippen LogP contribution in [0.2, 0.25) is 0 Å². The average Bonchev–Trinajstić information content (AvgIpc) is 3.32. The lowest BCUT2D eigenvalue weighted by Crippen LogP contribution is -2.12. The maximum absolute atomic E-state index is 12.1. The molecule has 0 bridgehead atoms. The number of tetrazole rings is 1. The van der Waals surface area contributed by atoms with Crippen LogP contribution in [0.15, 0.2) is 48.8 Å². The van der Waals surface area contributed by atoms with Gasteiger partial charge in [-0.2, -0.15) is 0 Å². The smallest absolute Gasteiger partial charge is 0.231 e. The Hall–Kier alpha value is -3.42. The van der Waals surface area contributed by atoms with Crippen molar-refractivity contribution in [3.8, 4) is 17.2 Å². The molecular weight excluding hydrogens is 322 g/mol. The summed E-state index contributed by atoms with van der Waals surface area (Å²) in [7, 11) is 0. The van der Waals surface area contributed by atoms with Gasteiger partial charge in [-0.15, -0.1) is 5.10 Å². The van der Waals surface area contributed by atoms with Crippen LogP contribution < -0.4 is 14.8 Å². The van der Waals surface area contributed by atoms with E-state index in [1.54, 1.807) is 4.68 Å². The first kappa shape index (κ1) is 15.1. The molecule has 1 aromatic heterocycles. The van der Waals surface area contributed by atoms with Gasteiger partial charge in [0.25, 0.3) is 0 Å². The van der Waals surface area contributed by atoms with Crippen molar-refractivity contribution in [2.24, 2.45) is 0 Å². The Morgan fingerprint density at radius 3 is 2.76 bits per heavy atom. The first-order chi connectivity index (χ1) is 12.3. The predicted octanol–water partition coefficient (Wildman–Crippen LogP) is 1.96. The molecule has 1 aliphatic rings. The molecule has 8 heteroatoms. The van der Waals surface area contributed by atoms with Crippen LogP contribution >= 0.6 is 0 Å². The van der Waals surface area contributed by atoms with Crippen molar-refractivity contribution in [1.82, 2.24) is 20.2 Å². The van der Waals surface area contributed by atoms with Crippen molar-refractivity contribution in [2.45, 2.75) is 12.8 Å². The Labute approximate surface area is 143 Å². The van der Waals surface area contributed by atoms with Crippen LogP contribution in [0.25, 0.3) is 5.69 Å². The second-order valence-electron chi connectivity index (χ2n) is 5.54. The Morgan fingerprint density at radius 2 is 1.96 bits per heavy atom. The number of carbonyl (C=O) groups excluding carboxylic acids is 1. The molecule has 25 heavy (non-hydrogen) atoms. The zero-order valence-corrected chi connectivity index (χ0v) is 13.3. The topological polar surface area (TPSA) is 91.2 Å². The monoisotopic (exact) mass is 337 g/mol. The number of fused-ring (bicyclic) bond motifs is 1. The Balaban J connectivity index is 1.33. The SMILES string of the molecule is O=C(CCc1ccc2c(c1)OCO2)Nc1ccc(-n2cnnn2)cc1. The molecule has 0 atom stereocenters. The minimum Gasteiger partial charge on any atom is -0.454 e. The summed E-state index contributed by atoms with van der Waals surface area (Å²) in [4.78, 5) is 12.1. The lowest BCUT2D eigenvalue weighted by atomic mass is 10.1. The zero-order valence-electron chi connectivity index (χ0n) is 13.3. The summed E-state index contributed by atoms with van der Waals surface area (Å²) in [6.07, 6.45) is 2.53. The summed E-state index contributed by atoms with van der Waals surface area (Å²) in [5.74, 6) is 1.43. The summed E-state index contributed by atoms with van der Waals surface area (Å²) >= 11 is 0. The Kier molecular flexibility index (Phi) is 3.99. The minimum atomic E-state index is -0.0483. The van der Waals surface area contributed by atoms with Crippen LogP contribution in [0.5, 0.6) is 11.5 Å². The molecule has 0 radical (unpaired) electrons. The molecule has 0 saturated carbocycles. The second-order valence-corrected chi connectivity index (χ2v) is 5.54. The highest BCUT2D eigenvalue weighted by Crippen LogP contribution is 2.32. The number of nitrogens with zero attached hydrogens (tertiary/aromatic N) is 4. The van der Waals surface area contributed by atoms with E-state index in [4.69, 9.17) is 9.47 Å². The van der Waals surface area contributed by atoms with Crippen LogP contribution in [0.3, 0.4) is 0 Å². The van der Waals surface area contributed by atoms with Gasteiger partial charge in [-0.3, -0.25) is 4.79 Å². The normalized spacial score (nSPS) is 12.2. The first-order valence-electron chi connectivity index (χ1n) is 7.80. The van der Waals surface area contributed by atoms with Gasteiger partial charge in [-0.05, 0) is 58.8 Å². The molecule has 1 N–H and O–H groups in total. The van der Waals surface area contributed by atoms with Gasteiger partial charge in [0, 0.05) is 12.1 Å². The predicted molar refractivity (Wildman–Crippen MR) is 88.7 cm³/mol. The molecule has 4 rings (SSSR count). The van der Waals surface area contributed by atoms with Crippen LogP contribution in [0.1, 0.15) is 12.0 Å². The van der Waals surface area contributed by atoms with Crippen LogP contribution in [-0.4, -0.2) is 32.9 Å². The van der Waals surface area contributed by atoms with E-state index in [1.165, 1.54) is 6.33 Å². The van der Waals surface area contributed by atoms with Crippen LogP contribution in [-0.2, 0) is 11.2 Å². The van der Waals surface area contributed by atoms with Crippen molar-refractivity contribution < 1.29 is 14.3 Å². The van der Waals surface area contributed by atoms with Gasteiger partial charge in [-0.1, -0.05) is 6.07 Å². The number of carbonyl (C=O) groups is 1. The van der Waals surface area contributed by atoms with E-state index in [0.717, 1.165) is 28.4 Å². The van der Waals surface area contributed by atoms with E-state index in [2.05, 4.69) is 20.8 Å². The van der Waals surface area contributed by atoms with Gasteiger partial charge in [0.15, 0.2) is 11.5 Å². The lowest BCUT2D eigenvalue weighted by molar-refractivity contribution is -0.116. The number of rotatable bonds is 5. The summed E-state index contributed by atoms with van der Waals surface area (Å²) in [6, 6.07) is 13.0. The van der Waals surface area contributed by atoms with Gasteiger partial charge in [0.1, 0.15) is 6.33 Å². The molecule has 0 spiro atoms. The quantitative estimate of drug-likeness (QED) is 0.765. The molecule has 2 aromatic carbocycles. The molecule has 8 nitrogen and oxygen atoms in total. The highest BCUT2D eigenvalue weighted by atomic mass is 16.7. The number of hydrogen-bond donors (Lipinski definition) is 1. The molecule has 2 heterocycles. The number of ether oxygens (including phenoxy) is 2. The van der Waals surface area contributed by atoms with E-state index >= 15 is 0 Å². The number of amides is 1. The fourth-order valence-electron chi connectivity index (χ4n) is 2.55. The maximum Gasteiger partial charge on any atom is 0.231 e. The zero-order chi connectivity index (χ0) is 17.1. The maximum atomic E-state index is 12.1. The molecular formula is C17H15N5O3. The molecule has 3 aromatic rings. The highest BCUT2D eigenvalue weighted by Gasteiger charge is 2.13. The van der Waals surface area contributed by atoms with Crippen molar-refractivity contribution in [2.75, 3.05) is 12.1 Å². The van der Waals surface area contributed by atoms with Crippen molar-refractivity contribution in [3.05, 3.63) is 54.4 Å². The summed E-state index contributed by atoms with van der Waals surface area (Å²) in [5, 5.41) is 13.9.